The van der Waals surface area contributed by atoms with Crippen LogP contribution in [0.3, 0.4) is 0 Å². The van der Waals surface area contributed by atoms with Crippen molar-refractivity contribution in [3.05, 3.63) is 48.3 Å². The van der Waals surface area contributed by atoms with E-state index < -0.39 is 0 Å². The van der Waals surface area contributed by atoms with E-state index >= 15 is 0 Å². The predicted molar refractivity (Wildman–Crippen MR) is 81.0 cm³/mol. The molecular formula is C14H15N3OS. The van der Waals surface area contributed by atoms with E-state index in [9.17, 15) is 0 Å². The van der Waals surface area contributed by atoms with E-state index in [1.165, 1.54) is 0 Å². The van der Waals surface area contributed by atoms with Gasteiger partial charge in [-0.15, -0.1) is 0 Å². The van der Waals surface area contributed by atoms with E-state index in [1.54, 1.807) is 6.20 Å². The molecule has 0 radical (unpaired) electrons. The van der Waals surface area contributed by atoms with Crippen LogP contribution < -0.4 is 15.8 Å². The van der Waals surface area contributed by atoms with Gasteiger partial charge in [-0.1, -0.05) is 24.4 Å². The average molecular weight is 273 g/mol. The largest absolute Gasteiger partial charge is 0.492 e. The lowest BCUT2D eigenvalue weighted by Crippen LogP contribution is -2.14. The maximum atomic E-state index is 5.66. The van der Waals surface area contributed by atoms with Gasteiger partial charge in [0.05, 0.1) is 18.0 Å². The highest BCUT2D eigenvalue weighted by Crippen LogP contribution is 2.28. The number of benzene rings is 1. The van der Waals surface area contributed by atoms with Crippen LogP contribution in [0.15, 0.2) is 42.6 Å². The molecule has 0 bridgehead atoms. The molecule has 5 heteroatoms. The number of thiocarbonyl (C=S) groups is 1. The molecule has 4 nitrogen and oxygen atoms in total. The summed E-state index contributed by atoms with van der Waals surface area (Å²) in [5.41, 5.74) is 7.86. The van der Waals surface area contributed by atoms with Crippen LogP contribution in [0.5, 0.6) is 5.75 Å². The van der Waals surface area contributed by atoms with Crippen LogP contribution in [0, 0.1) is 0 Å². The number of anilines is 2. The first-order chi connectivity index (χ1) is 9.22. The standard InChI is InChI=1S/C14H15N3OS/c1-2-18-12-8-4-3-6-10(12)17-11-7-5-9-16-13(11)14(15)19/h3-9,17H,2H2,1H3,(H2,15,19). The molecule has 1 aromatic heterocycles. The second kappa shape index (κ2) is 6.15. The topological polar surface area (TPSA) is 60.2 Å². The molecule has 0 aliphatic rings. The quantitative estimate of drug-likeness (QED) is 0.820. The maximum absolute atomic E-state index is 5.66. The van der Waals surface area contributed by atoms with Crippen molar-refractivity contribution < 1.29 is 4.74 Å². The molecule has 1 heterocycles. The molecule has 2 aromatic rings. The molecule has 3 N–H and O–H groups in total. The molecule has 98 valence electrons. The van der Waals surface area contributed by atoms with Crippen LogP contribution >= 0.6 is 12.2 Å². The second-order valence-corrected chi connectivity index (χ2v) is 4.26. The highest BCUT2D eigenvalue weighted by atomic mass is 32.1. The lowest BCUT2D eigenvalue weighted by Gasteiger charge is -2.14. The lowest BCUT2D eigenvalue weighted by atomic mass is 10.2. The predicted octanol–water partition coefficient (Wildman–Crippen LogP) is 2.86. The summed E-state index contributed by atoms with van der Waals surface area (Å²) in [5.74, 6) is 0.780. The Hall–Kier alpha value is -2.14. The molecule has 0 spiro atoms. The Morgan fingerprint density at radius 1 is 1.26 bits per heavy atom. The van der Waals surface area contributed by atoms with Crippen LogP contribution in [0.1, 0.15) is 12.6 Å². The van der Waals surface area contributed by atoms with Gasteiger partial charge in [-0.25, -0.2) is 0 Å². The zero-order valence-corrected chi connectivity index (χ0v) is 11.4. The Labute approximate surface area is 117 Å². The number of nitrogens with two attached hydrogens (primary N) is 1. The third-order valence-electron chi connectivity index (χ3n) is 2.50. The van der Waals surface area contributed by atoms with Crippen molar-refractivity contribution in [2.24, 2.45) is 5.73 Å². The summed E-state index contributed by atoms with van der Waals surface area (Å²) < 4.78 is 5.56. The van der Waals surface area contributed by atoms with Crippen LogP contribution in [-0.2, 0) is 0 Å². The lowest BCUT2D eigenvalue weighted by molar-refractivity contribution is 0.342. The van der Waals surface area contributed by atoms with Crippen molar-refractivity contribution in [2.45, 2.75) is 6.92 Å². The van der Waals surface area contributed by atoms with Gasteiger partial charge in [-0.3, -0.25) is 4.98 Å². The fraction of sp³-hybridized carbons (Fsp3) is 0.143. The Balaban J connectivity index is 2.34. The molecule has 1 aromatic carbocycles. The molecule has 0 unspecified atom stereocenters. The minimum Gasteiger partial charge on any atom is -0.492 e. The minimum absolute atomic E-state index is 0.261. The molecule has 0 fully saturated rings. The zero-order valence-electron chi connectivity index (χ0n) is 10.6. The first-order valence-corrected chi connectivity index (χ1v) is 6.37. The van der Waals surface area contributed by atoms with Crippen LogP contribution in [-0.4, -0.2) is 16.6 Å². The fourth-order valence-corrected chi connectivity index (χ4v) is 1.86. The summed E-state index contributed by atoms with van der Waals surface area (Å²) in [6, 6.07) is 11.4. The fourth-order valence-electron chi connectivity index (χ4n) is 1.70. The maximum Gasteiger partial charge on any atom is 0.142 e. The van der Waals surface area contributed by atoms with Crippen LogP contribution in [0.25, 0.3) is 0 Å². The zero-order chi connectivity index (χ0) is 13.7. The number of hydrogen-bond acceptors (Lipinski definition) is 4. The highest BCUT2D eigenvalue weighted by Gasteiger charge is 2.08. The van der Waals surface area contributed by atoms with E-state index in [2.05, 4.69) is 10.3 Å². The summed E-state index contributed by atoms with van der Waals surface area (Å²) in [5, 5.41) is 3.25. The van der Waals surface area contributed by atoms with Crippen molar-refractivity contribution in [3.63, 3.8) is 0 Å². The molecule has 0 amide bonds. The summed E-state index contributed by atoms with van der Waals surface area (Å²) in [6.07, 6.45) is 1.66. The SMILES string of the molecule is CCOc1ccccc1Nc1cccnc1C(N)=S. The number of pyridine rings is 1. The number of hydrogen-bond donors (Lipinski definition) is 2. The molecule has 0 aliphatic carbocycles. The summed E-state index contributed by atoms with van der Waals surface area (Å²) in [7, 11) is 0. The van der Waals surface area contributed by atoms with Crippen LogP contribution in [0.4, 0.5) is 11.4 Å². The number of para-hydroxylation sites is 2. The van der Waals surface area contributed by atoms with Crippen LogP contribution in [0.2, 0.25) is 0 Å². The summed E-state index contributed by atoms with van der Waals surface area (Å²) >= 11 is 4.99. The molecule has 0 saturated heterocycles. The van der Waals surface area contributed by atoms with E-state index in [-0.39, 0.29) is 4.99 Å². The third-order valence-corrected chi connectivity index (χ3v) is 2.69. The number of aromatic nitrogens is 1. The second-order valence-electron chi connectivity index (χ2n) is 3.82. The summed E-state index contributed by atoms with van der Waals surface area (Å²) in [6.45, 7) is 2.55. The van der Waals surface area contributed by atoms with Crippen molar-refractivity contribution in [2.75, 3.05) is 11.9 Å². The minimum atomic E-state index is 0.261. The molecule has 2 rings (SSSR count). The smallest absolute Gasteiger partial charge is 0.142 e. The Kier molecular flexibility index (Phi) is 4.30. The normalized spacial score (nSPS) is 9.95. The van der Waals surface area contributed by atoms with E-state index in [4.69, 9.17) is 22.7 Å². The molecular weight excluding hydrogens is 258 g/mol. The first kappa shape index (κ1) is 13.3. The number of nitrogens with zero attached hydrogens (tertiary/aromatic N) is 1. The van der Waals surface area contributed by atoms with Gasteiger partial charge in [-0.05, 0) is 31.2 Å². The Morgan fingerprint density at radius 3 is 2.74 bits per heavy atom. The van der Waals surface area contributed by atoms with E-state index in [0.717, 1.165) is 17.1 Å². The van der Waals surface area contributed by atoms with Crippen molar-refractivity contribution in [1.82, 2.24) is 4.98 Å². The van der Waals surface area contributed by atoms with Crippen molar-refractivity contribution in [1.29, 1.82) is 0 Å². The molecule has 0 atom stereocenters. The van der Waals surface area contributed by atoms with E-state index in [1.807, 2.05) is 43.3 Å². The highest BCUT2D eigenvalue weighted by molar-refractivity contribution is 7.80. The van der Waals surface area contributed by atoms with Crippen molar-refractivity contribution >= 4 is 28.6 Å². The van der Waals surface area contributed by atoms with Gasteiger partial charge in [0.15, 0.2) is 0 Å². The number of nitrogens with one attached hydrogen (secondary N) is 1. The molecule has 0 saturated carbocycles. The molecule has 19 heavy (non-hydrogen) atoms. The van der Waals surface area contributed by atoms with Gasteiger partial charge >= 0.3 is 0 Å². The first-order valence-electron chi connectivity index (χ1n) is 5.96. The third kappa shape index (κ3) is 3.20. The van der Waals surface area contributed by atoms with Crippen molar-refractivity contribution in [3.8, 4) is 5.75 Å². The van der Waals surface area contributed by atoms with E-state index in [0.29, 0.717) is 12.3 Å². The van der Waals surface area contributed by atoms with Gasteiger partial charge in [-0.2, -0.15) is 0 Å². The number of rotatable bonds is 5. The molecule has 0 aliphatic heterocycles. The average Bonchev–Trinajstić information content (AvgIpc) is 2.42. The monoisotopic (exact) mass is 273 g/mol. The van der Waals surface area contributed by atoms with Gasteiger partial charge in [0.25, 0.3) is 0 Å². The van der Waals surface area contributed by atoms with Gasteiger partial charge < -0.3 is 15.8 Å². The number of ether oxygens (including phenoxy) is 1. The van der Waals surface area contributed by atoms with Gasteiger partial charge in [0, 0.05) is 6.20 Å². The van der Waals surface area contributed by atoms with Gasteiger partial charge in [0.1, 0.15) is 16.4 Å². The summed E-state index contributed by atoms with van der Waals surface area (Å²) in [4.78, 5) is 4.44. The van der Waals surface area contributed by atoms with Gasteiger partial charge in [0.2, 0.25) is 0 Å². The Morgan fingerprint density at radius 2 is 2.00 bits per heavy atom. The Bertz CT molecular complexity index is 586.